The quantitative estimate of drug-likeness (QED) is 0.0211. The number of carbonyl (C=O) groups excluding carboxylic acids is 2. The van der Waals surface area contributed by atoms with Gasteiger partial charge in [0.1, 0.15) is 19.8 Å². The summed E-state index contributed by atoms with van der Waals surface area (Å²) in [6.45, 7) is 4.30. The Bertz CT molecular complexity index is 1270. The molecule has 0 aromatic rings. The van der Waals surface area contributed by atoms with Crippen LogP contribution in [-0.4, -0.2) is 74.9 Å². The van der Waals surface area contributed by atoms with Crippen molar-refractivity contribution in [1.29, 1.82) is 0 Å². The molecule has 0 radical (unpaired) electrons. The number of ether oxygens (including phenoxy) is 2. The SMILES string of the molecule is CC/C=C\C/C=C\C/C=C\C/C=C\C/C=C\CCCCCC(=O)OC[C@H](COP(=O)(O)OCC[N+](C)(C)C)OC(=O)CCCCCCCCCCCCCCCCCCCCCCC. The maximum atomic E-state index is 12.8. The summed E-state index contributed by atoms with van der Waals surface area (Å²) in [5, 5.41) is 0. The molecule has 2 atom stereocenters. The van der Waals surface area contributed by atoms with Gasteiger partial charge in [0.05, 0.1) is 27.7 Å². The first-order valence-corrected chi connectivity index (χ1v) is 27.5. The van der Waals surface area contributed by atoms with Gasteiger partial charge in [-0.05, 0) is 57.8 Å². The third kappa shape index (κ3) is 49.2. The summed E-state index contributed by atoms with van der Waals surface area (Å²) in [5.74, 6) is -0.831. The molecule has 0 aliphatic rings. The number of quaternary nitrogens is 1. The molecule has 0 amide bonds. The van der Waals surface area contributed by atoms with E-state index in [2.05, 4.69) is 74.6 Å². The minimum atomic E-state index is -4.39. The molecule has 0 heterocycles. The fourth-order valence-corrected chi connectivity index (χ4v) is 7.78. The van der Waals surface area contributed by atoms with Crippen molar-refractivity contribution in [1.82, 2.24) is 0 Å². The van der Waals surface area contributed by atoms with E-state index in [9.17, 15) is 19.0 Å². The van der Waals surface area contributed by atoms with Crippen molar-refractivity contribution < 1.29 is 42.1 Å². The highest BCUT2D eigenvalue weighted by atomic mass is 31.2. The number of hydrogen-bond acceptors (Lipinski definition) is 7. The zero-order valence-corrected chi connectivity index (χ0v) is 42.9. The van der Waals surface area contributed by atoms with E-state index in [4.69, 9.17) is 18.5 Å². The minimum absolute atomic E-state index is 0.0251. The van der Waals surface area contributed by atoms with Gasteiger partial charge in [-0.25, -0.2) is 4.57 Å². The first-order chi connectivity index (χ1) is 31.0. The van der Waals surface area contributed by atoms with Crippen molar-refractivity contribution in [2.45, 2.75) is 225 Å². The Kier molecular flexibility index (Phi) is 44.2. The number of unbranched alkanes of at least 4 members (excludes halogenated alkanes) is 23. The van der Waals surface area contributed by atoms with E-state index in [0.717, 1.165) is 64.2 Å². The number of phosphoric acid groups is 1. The Morgan fingerprint density at radius 3 is 1.33 bits per heavy atom. The van der Waals surface area contributed by atoms with Crippen molar-refractivity contribution >= 4 is 19.8 Å². The predicted octanol–water partition coefficient (Wildman–Crippen LogP) is 15.6. The predicted molar refractivity (Wildman–Crippen MR) is 270 cm³/mol. The van der Waals surface area contributed by atoms with Gasteiger partial charge in [0, 0.05) is 12.8 Å². The van der Waals surface area contributed by atoms with E-state index < -0.39 is 32.5 Å². The minimum Gasteiger partial charge on any atom is -0.462 e. The van der Waals surface area contributed by atoms with Crippen LogP contribution in [0.15, 0.2) is 60.8 Å². The summed E-state index contributed by atoms with van der Waals surface area (Å²) in [4.78, 5) is 35.6. The molecule has 372 valence electrons. The lowest BCUT2D eigenvalue weighted by molar-refractivity contribution is -0.870. The van der Waals surface area contributed by atoms with Crippen LogP contribution < -0.4 is 0 Å². The van der Waals surface area contributed by atoms with Crippen LogP contribution >= 0.6 is 7.82 Å². The van der Waals surface area contributed by atoms with Crippen LogP contribution in [0.4, 0.5) is 0 Å². The lowest BCUT2D eigenvalue weighted by atomic mass is 10.0. The molecule has 0 rings (SSSR count). The van der Waals surface area contributed by atoms with Gasteiger partial charge < -0.3 is 18.9 Å². The van der Waals surface area contributed by atoms with Crippen LogP contribution in [0, 0.1) is 0 Å². The third-order valence-electron chi connectivity index (χ3n) is 11.1. The highest BCUT2D eigenvalue weighted by molar-refractivity contribution is 7.47. The highest BCUT2D eigenvalue weighted by Gasteiger charge is 2.27. The lowest BCUT2D eigenvalue weighted by Gasteiger charge is -2.24. The summed E-state index contributed by atoms with van der Waals surface area (Å²) in [5.41, 5.74) is 0. The summed E-state index contributed by atoms with van der Waals surface area (Å²) in [7, 11) is 1.46. The van der Waals surface area contributed by atoms with E-state index >= 15 is 0 Å². The number of hydrogen-bond donors (Lipinski definition) is 1. The van der Waals surface area contributed by atoms with Crippen LogP contribution in [0.2, 0.25) is 0 Å². The van der Waals surface area contributed by atoms with Crippen molar-refractivity contribution in [3.8, 4) is 0 Å². The van der Waals surface area contributed by atoms with Crippen LogP contribution in [0.3, 0.4) is 0 Å². The first kappa shape index (κ1) is 61.7. The molecule has 0 aliphatic carbocycles. The molecule has 10 heteroatoms. The fraction of sp³-hybridized carbons (Fsp3) is 0.778. The Labute approximate surface area is 394 Å². The summed E-state index contributed by atoms with van der Waals surface area (Å²) < 4.78 is 34.4. The summed E-state index contributed by atoms with van der Waals surface area (Å²) >= 11 is 0. The van der Waals surface area contributed by atoms with Crippen LogP contribution in [0.5, 0.6) is 0 Å². The van der Waals surface area contributed by atoms with Gasteiger partial charge in [-0.3, -0.25) is 18.6 Å². The Morgan fingerprint density at radius 1 is 0.500 bits per heavy atom. The lowest BCUT2D eigenvalue weighted by Crippen LogP contribution is -2.37. The fourth-order valence-electron chi connectivity index (χ4n) is 7.04. The largest absolute Gasteiger partial charge is 0.472 e. The molecule has 0 spiro atoms. The summed E-state index contributed by atoms with van der Waals surface area (Å²) in [6, 6.07) is 0. The van der Waals surface area contributed by atoms with Gasteiger partial charge in [0.15, 0.2) is 6.10 Å². The van der Waals surface area contributed by atoms with Gasteiger partial charge in [0.2, 0.25) is 0 Å². The van der Waals surface area contributed by atoms with E-state index in [0.29, 0.717) is 23.9 Å². The number of rotatable bonds is 47. The molecule has 0 bridgehead atoms. The molecule has 0 aromatic carbocycles. The van der Waals surface area contributed by atoms with E-state index in [1.807, 2.05) is 21.1 Å². The normalized spacial score (nSPS) is 13.9. The number of phosphoric ester groups is 1. The van der Waals surface area contributed by atoms with Crippen molar-refractivity contribution in [3.05, 3.63) is 60.8 Å². The second kappa shape index (κ2) is 45.8. The van der Waals surface area contributed by atoms with E-state index in [1.165, 1.54) is 116 Å². The Balaban J connectivity index is 4.29. The smallest absolute Gasteiger partial charge is 0.462 e. The zero-order valence-electron chi connectivity index (χ0n) is 42.0. The van der Waals surface area contributed by atoms with Crippen molar-refractivity contribution in [2.24, 2.45) is 0 Å². The average molecular weight is 921 g/mol. The topological polar surface area (TPSA) is 108 Å². The van der Waals surface area contributed by atoms with Crippen LogP contribution in [-0.2, 0) is 32.7 Å². The van der Waals surface area contributed by atoms with Gasteiger partial charge in [-0.2, -0.15) is 0 Å². The average Bonchev–Trinajstić information content (AvgIpc) is 3.25. The number of carbonyl (C=O) groups is 2. The molecule has 0 aliphatic heterocycles. The monoisotopic (exact) mass is 921 g/mol. The maximum absolute atomic E-state index is 12.8. The second-order valence-corrected chi connectivity index (χ2v) is 20.0. The van der Waals surface area contributed by atoms with E-state index in [-0.39, 0.29) is 26.1 Å². The number of allylic oxidation sites excluding steroid dienone is 10. The molecule has 1 unspecified atom stereocenters. The number of likely N-dealkylation sites (N-methyl/N-ethyl adjacent to an activating group) is 1. The summed E-state index contributed by atoms with van der Waals surface area (Å²) in [6.07, 6.45) is 57.1. The molecule has 64 heavy (non-hydrogen) atoms. The van der Waals surface area contributed by atoms with Crippen molar-refractivity contribution in [2.75, 3.05) is 47.5 Å². The number of esters is 2. The Morgan fingerprint density at radius 2 is 0.891 bits per heavy atom. The second-order valence-electron chi connectivity index (χ2n) is 18.5. The van der Waals surface area contributed by atoms with Crippen molar-refractivity contribution in [3.63, 3.8) is 0 Å². The van der Waals surface area contributed by atoms with E-state index in [1.54, 1.807) is 0 Å². The number of nitrogens with zero attached hydrogens (tertiary/aromatic N) is 1. The Hall–Kier alpha value is -2.29. The molecule has 1 N–H and O–H groups in total. The van der Waals surface area contributed by atoms with Crippen LogP contribution in [0.25, 0.3) is 0 Å². The molecular formula is C54H99NO8P+. The molecular weight excluding hydrogens is 822 g/mol. The zero-order chi connectivity index (χ0) is 47.1. The van der Waals surface area contributed by atoms with Gasteiger partial charge >= 0.3 is 19.8 Å². The maximum Gasteiger partial charge on any atom is 0.472 e. The molecule has 0 saturated heterocycles. The molecule has 9 nitrogen and oxygen atoms in total. The van der Waals surface area contributed by atoms with Gasteiger partial charge in [0.25, 0.3) is 0 Å². The molecule has 0 saturated carbocycles. The standard InChI is InChI=1S/C54H98NO8P/c1-6-8-10-12-14-16-18-20-22-24-26-27-29-31-33-35-37-39-41-43-45-47-54(57)63-52(51-62-64(58,59)61-49-48-55(3,4)5)50-60-53(56)46-44-42-40-38-36-34-32-30-28-25-23-21-19-17-15-13-11-9-7-2/h9,11,15,17,21,23,28,30,34,36,52H,6-8,10,12-14,16,18-20,22,24-27,29,31-33,35,37-51H2,1-5H3/p+1/b11-9-,17-15-,23-21-,30-28-,36-34-/t52-/m1/s1. The molecule has 0 aromatic heterocycles. The first-order valence-electron chi connectivity index (χ1n) is 26.0. The van der Waals surface area contributed by atoms with Gasteiger partial charge in [-0.1, -0.05) is 209 Å². The third-order valence-corrected chi connectivity index (χ3v) is 12.0. The van der Waals surface area contributed by atoms with Gasteiger partial charge in [-0.15, -0.1) is 0 Å². The highest BCUT2D eigenvalue weighted by Crippen LogP contribution is 2.43. The van der Waals surface area contributed by atoms with Crippen LogP contribution in [0.1, 0.15) is 219 Å². The molecule has 0 fully saturated rings.